The maximum atomic E-state index is 5.36. The molecule has 2 aromatic heterocycles. The standard InChI is InChI=1S/C7H10N6O/c8-3-1-2-6-10-7(14-12-6)5-4-9-13-11-5/h4H,1-3,8H2,(H,9,11,13). The second kappa shape index (κ2) is 3.97. The van der Waals surface area contributed by atoms with Crippen molar-refractivity contribution in [1.82, 2.24) is 25.6 Å². The van der Waals surface area contributed by atoms with E-state index in [1.165, 1.54) is 6.20 Å². The monoisotopic (exact) mass is 194 g/mol. The van der Waals surface area contributed by atoms with E-state index in [0.717, 1.165) is 12.8 Å². The van der Waals surface area contributed by atoms with E-state index in [2.05, 4.69) is 25.6 Å². The Kier molecular flexibility index (Phi) is 2.50. The van der Waals surface area contributed by atoms with Crippen molar-refractivity contribution in [3.63, 3.8) is 0 Å². The molecule has 74 valence electrons. The van der Waals surface area contributed by atoms with Crippen LogP contribution in [0.1, 0.15) is 12.2 Å². The van der Waals surface area contributed by atoms with Crippen LogP contribution in [0.15, 0.2) is 10.7 Å². The van der Waals surface area contributed by atoms with E-state index in [4.69, 9.17) is 10.3 Å². The first kappa shape index (κ1) is 8.82. The van der Waals surface area contributed by atoms with Crippen molar-refractivity contribution < 1.29 is 4.52 Å². The Morgan fingerprint density at radius 2 is 2.43 bits per heavy atom. The molecular weight excluding hydrogens is 184 g/mol. The molecule has 0 radical (unpaired) electrons. The summed E-state index contributed by atoms with van der Waals surface area (Å²) in [4.78, 5) is 4.13. The largest absolute Gasteiger partial charge is 0.332 e. The van der Waals surface area contributed by atoms with Gasteiger partial charge in [0.2, 0.25) is 0 Å². The third-order valence-corrected chi connectivity index (χ3v) is 1.71. The van der Waals surface area contributed by atoms with Gasteiger partial charge in [-0.15, -0.1) is 0 Å². The first-order valence-electron chi connectivity index (χ1n) is 4.29. The summed E-state index contributed by atoms with van der Waals surface area (Å²) in [7, 11) is 0. The second-order valence-corrected chi connectivity index (χ2v) is 2.76. The molecule has 0 aliphatic rings. The molecule has 0 fully saturated rings. The summed E-state index contributed by atoms with van der Waals surface area (Å²) in [6, 6.07) is 0. The minimum Gasteiger partial charge on any atom is -0.332 e. The zero-order chi connectivity index (χ0) is 9.80. The highest BCUT2D eigenvalue weighted by Gasteiger charge is 2.10. The van der Waals surface area contributed by atoms with Crippen LogP contribution in [-0.4, -0.2) is 32.1 Å². The topological polar surface area (TPSA) is 107 Å². The van der Waals surface area contributed by atoms with Crippen molar-refractivity contribution in [3.05, 3.63) is 12.0 Å². The van der Waals surface area contributed by atoms with Gasteiger partial charge in [0.1, 0.15) is 0 Å². The van der Waals surface area contributed by atoms with Crippen molar-refractivity contribution in [3.8, 4) is 11.6 Å². The predicted octanol–water partition coefficient (Wildman–Crippen LogP) is -0.254. The molecule has 0 aromatic carbocycles. The Bertz CT molecular complexity index is 381. The summed E-state index contributed by atoms with van der Waals surface area (Å²) in [5.74, 6) is 1.03. The van der Waals surface area contributed by atoms with Gasteiger partial charge in [0.05, 0.1) is 6.20 Å². The molecule has 3 N–H and O–H groups in total. The highest BCUT2D eigenvalue weighted by molar-refractivity contribution is 5.42. The third kappa shape index (κ3) is 1.77. The number of nitrogens with two attached hydrogens (primary N) is 1. The first-order valence-corrected chi connectivity index (χ1v) is 4.29. The molecule has 0 unspecified atom stereocenters. The van der Waals surface area contributed by atoms with Gasteiger partial charge in [0.25, 0.3) is 5.89 Å². The Balaban J connectivity index is 2.10. The molecule has 2 rings (SSSR count). The summed E-state index contributed by atoms with van der Waals surface area (Å²) in [6.45, 7) is 0.619. The fourth-order valence-electron chi connectivity index (χ4n) is 1.02. The zero-order valence-corrected chi connectivity index (χ0v) is 7.47. The van der Waals surface area contributed by atoms with Crippen molar-refractivity contribution in [2.24, 2.45) is 5.73 Å². The van der Waals surface area contributed by atoms with Crippen molar-refractivity contribution in [2.75, 3.05) is 6.54 Å². The lowest BCUT2D eigenvalue weighted by atomic mass is 10.3. The molecule has 0 amide bonds. The Morgan fingerprint density at radius 1 is 1.50 bits per heavy atom. The van der Waals surface area contributed by atoms with E-state index in [9.17, 15) is 0 Å². The molecular formula is C7H10N6O. The van der Waals surface area contributed by atoms with Crippen LogP contribution in [0.2, 0.25) is 0 Å². The number of aromatic nitrogens is 5. The highest BCUT2D eigenvalue weighted by atomic mass is 16.5. The molecule has 2 heterocycles. The molecule has 7 heteroatoms. The molecule has 2 aromatic rings. The fraction of sp³-hybridized carbons (Fsp3) is 0.429. The van der Waals surface area contributed by atoms with E-state index in [1.807, 2.05) is 0 Å². The van der Waals surface area contributed by atoms with Crippen LogP contribution in [0.4, 0.5) is 0 Å². The molecule has 0 atom stereocenters. The SMILES string of the molecule is NCCCc1noc(-c2cn[nH]n2)n1. The third-order valence-electron chi connectivity index (χ3n) is 1.71. The average Bonchev–Trinajstić information content (AvgIpc) is 2.85. The number of nitrogens with zero attached hydrogens (tertiary/aromatic N) is 4. The lowest BCUT2D eigenvalue weighted by molar-refractivity contribution is 0.420. The van der Waals surface area contributed by atoms with Gasteiger partial charge in [-0.25, -0.2) is 0 Å². The molecule has 0 aliphatic heterocycles. The molecule has 0 aliphatic carbocycles. The van der Waals surface area contributed by atoms with Gasteiger partial charge in [-0.05, 0) is 13.0 Å². The van der Waals surface area contributed by atoms with Crippen LogP contribution in [0.5, 0.6) is 0 Å². The van der Waals surface area contributed by atoms with Gasteiger partial charge in [0.15, 0.2) is 11.5 Å². The number of aryl methyl sites for hydroxylation is 1. The average molecular weight is 194 g/mol. The molecule has 0 saturated heterocycles. The maximum Gasteiger partial charge on any atom is 0.280 e. The van der Waals surface area contributed by atoms with Crippen molar-refractivity contribution in [2.45, 2.75) is 12.8 Å². The lowest BCUT2D eigenvalue weighted by Gasteiger charge is -1.87. The minimum atomic E-state index is 0.380. The van der Waals surface area contributed by atoms with Gasteiger partial charge < -0.3 is 10.3 Å². The van der Waals surface area contributed by atoms with Crippen molar-refractivity contribution >= 4 is 0 Å². The van der Waals surface area contributed by atoms with Gasteiger partial charge in [-0.3, -0.25) is 0 Å². The quantitative estimate of drug-likeness (QED) is 0.694. The summed E-state index contributed by atoms with van der Waals surface area (Å²) in [6.07, 6.45) is 3.09. The van der Waals surface area contributed by atoms with E-state index in [-0.39, 0.29) is 0 Å². The Morgan fingerprint density at radius 3 is 3.14 bits per heavy atom. The number of hydrogen-bond donors (Lipinski definition) is 2. The van der Waals surface area contributed by atoms with E-state index >= 15 is 0 Å². The van der Waals surface area contributed by atoms with Crippen LogP contribution < -0.4 is 5.73 Å². The predicted molar refractivity (Wildman–Crippen MR) is 47.1 cm³/mol. The molecule has 0 bridgehead atoms. The van der Waals surface area contributed by atoms with Crippen LogP contribution in [0, 0.1) is 0 Å². The van der Waals surface area contributed by atoms with E-state index < -0.39 is 0 Å². The maximum absolute atomic E-state index is 5.36. The van der Waals surface area contributed by atoms with E-state index in [1.54, 1.807) is 0 Å². The normalized spacial score (nSPS) is 10.6. The van der Waals surface area contributed by atoms with Crippen LogP contribution in [0.3, 0.4) is 0 Å². The summed E-state index contributed by atoms with van der Waals surface area (Å²) >= 11 is 0. The van der Waals surface area contributed by atoms with Crippen molar-refractivity contribution in [1.29, 1.82) is 0 Å². The minimum absolute atomic E-state index is 0.380. The van der Waals surface area contributed by atoms with Crippen LogP contribution >= 0.6 is 0 Å². The van der Waals surface area contributed by atoms with Gasteiger partial charge in [-0.1, -0.05) is 5.16 Å². The van der Waals surface area contributed by atoms with Gasteiger partial charge in [-0.2, -0.15) is 20.4 Å². The number of aromatic amines is 1. The first-order chi connectivity index (χ1) is 6.90. The Labute approximate surface area is 79.7 Å². The van der Waals surface area contributed by atoms with Crippen LogP contribution in [-0.2, 0) is 6.42 Å². The molecule has 7 nitrogen and oxygen atoms in total. The Hall–Kier alpha value is -1.76. The summed E-state index contributed by atoms with van der Waals surface area (Å²) < 4.78 is 4.98. The number of H-pyrrole nitrogens is 1. The zero-order valence-electron chi connectivity index (χ0n) is 7.47. The number of hydrogen-bond acceptors (Lipinski definition) is 6. The summed E-state index contributed by atoms with van der Waals surface area (Å²) in [5.41, 5.74) is 5.92. The molecule has 0 spiro atoms. The van der Waals surface area contributed by atoms with Gasteiger partial charge in [0, 0.05) is 6.42 Å². The lowest BCUT2D eigenvalue weighted by Crippen LogP contribution is -2.01. The molecule has 0 saturated carbocycles. The van der Waals surface area contributed by atoms with Gasteiger partial charge >= 0.3 is 0 Å². The second-order valence-electron chi connectivity index (χ2n) is 2.76. The smallest absolute Gasteiger partial charge is 0.280 e. The summed E-state index contributed by atoms with van der Waals surface area (Å²) in [5, 5.41) is 13.7. The number of nitrogens with one attached hydrogen (secondary N) is 1. The molecule has 14 heavy (non-hydrogen) atoms. The van der Waals surface area contributed by atoms with E-state index in [0.29, 0.717) is 24.0 Å². The highest BCUT2D eigenvalue weighted by Crippen LogP contribution is 2.12. The van der Waals surface area contributed by atoms with Crippen LogP contribution in [0.25, 0.3) is 11.6 Å². The fourth-order valence-corrected chi connectivity index (χ4v) is 1.02. The number of rotatable bonds is 4.